The smallest absolute Gasteiger partial charge is 0.300 e. The first kappa shape index (κ1) is 12.6. The molecule has 0 spiro atoms. The Kier molecular flexibility index (Phi) is 3.48. The highest BCUT2D eigenvalue weighted by Crippen LogP contribution is 2.28. The highest BCUT2D eigenvalue weighted by atomic mass is 35.6. The van der Waals surface area contributed by atoms with E-state index in [0.717, 1.165) is 30.1 Å². The molecule has 1 aromatic rings. The number of halogens is 3. The Labute approximate surface area is 113 Å². The maximum atomic E-state index is 11.8. The quantitative estimate of drug-likeness (QED) is 0.541. The second-order valence-corrected chi connectivity index (χ2v) is 6.97. The summed E-state index contributed by atoms with van der Waals surface area (Å²) >= 11 is 18.3. The van der Waals surface area contributed by atoms with Crippen LogP contribution in [0.1, 0.15) is 15.4 Å². The van der Waals surface area contributed by atoms with Gasteiger partial charge in [0, 0.05) is 19.5 Å². The molecule has 0 atom stereocenters. The maximum absolute atomic E-state index is 11.8. The molecule has 16 heavy (non-hydrogen) atoms. The molecule has 0 saturated heterocycles. The number of rotatable bonds is 0. The third-order valence-corrected chi connectivity index (χ3v) is 3.97. The first-order valence-corrected chi connectivity index (χ1v) is 6.72. The second kappa shape index (κ2) is 4.42. The number of hydrogen-bond acceptors (Lipinski definition) is 3. The Morgan fingerprint density at radius 2 is 2.25 bits per heavy atom. The molecule has 7 heteroatoms. The van der Waals surface area contributed by atoms with Crippen molar-refractivity contribution in [2.24, 2.45) is 0 Å². The lowest BCUT2D eigenvalue weighted by molar-refractivity contribution is -0.577. The number of carbonyl (C=O) groups excluding carboxylic acids is 1. The van der Waals surface area contributed by atoms with Crippen LogP contribution in [0.4, 0.5) is 0 Å². The number of alkyl halides is 3. The van der Waals surface area contributed by atoms with Gasteiger partial charge in [-0.25, -0.2) is 4.79 Å². The van der Waals surface area contributed by atoms with Gasteiger partial charge in [-0.3, -0.25) is 0 Å². The van der Waals surface area contributed by atoms with E-state index in [0.29, 0.717) is 0 Å². The van der Waals surface area contributed by atoms with Gasteiger partial charge in [-0.05, 0) is 7.05 Å². The summed E-state index contributed by atoms with van der Waals surface area (Å²) in [7, 11) is 2.05. The van der Waals surface area contributed by atoms with Gasteiger partial charge in [0.1, 0.15) is 0 Å². The monoisotopic (exact) mass is 299 g/mol. The van der Waals surface area contributed by atoms with Gasteiger partial charge in [0.05, 0.1) is 4.88 Å². The molecule has 0 unspecified atom stereocenters. The van der Waals surface area contributed by atoms with E-state index >= 15 is 0 Å². The van der Waals surface area contributed by atoms with Crippen molar-refractivity contribution in [3.05, 3.63) is 16.1 Å². The molecule has 2 heterocycles. The molecular weight excluding hydrogens is 291 g/mol. The third kappa shape index (κ3) is 2.36. The zero-order chi connectivity index (χ0) is 11.9. The van der Waals surface area contributed by atoms with E-state index < -0.39 is 9.70 Å². The van der Waals surface area contributed by atoms with Gasteiger partial charge in [0.25, 0.3) is 0 Å². The van der Waals surface area contributed by atoms with E-state index in [1.54, 1.807) is 5.51 Å². The number of carbonyl (C=O) groups is 1. The summed E-state index contributed by atoms with van der Waals surface area (Å²) in [6.45, 7) is 1.76. The van der Waals surface area contributed by atoms with Crippen molar-refractivity contribution in [1.29, 1.82) is 0 Å². The zero-order valence-corrected chi connectivity index (χ0v) is 11.6. The van der Waals surface area contributed by atoms with Crippen LogP contribution in [0.5, 0.6) is 0 Å². The summed E-state index contributed by atoms with van der Waals surface area (Å²) < 4.78 is -0.414. The summed E-state index contributed by atoms with van der Waals surface area (Å²) in [6.07, 6.45) is 0.807. The standard InChI is InChI=1S/C9H10Cl3N2OS/c1-13-3-2-6-7(4-13)16-5-14(6)8(15)9(10,11)12/h5H,2-4H2,1H3/q+1. The minimum atomic E-state index is -1.89. The number of aromatic nitrogens is 1. The molecule has 0 aromatic carbocycles. The average Bonchev–Trinajstić information content (AvgIpc) is 2.57. The molecule has 1 aliphatic heterocycles. The Balaban J connectivity index is 2.35. The van der Waals surface area contributed by atoms with Gasteiger partial charge in [-0.1, -0.05) is 46.1 Å². The third-order valence-electron chi connectivity index (χ3n) is 2.52. The van der Waals surface area contributed by atoms with E-state index in [4.69, 9.17) is 34.8 Å². The topological polar surface area (TPSA) is 24.2 Å². The van der Waals surface area contributed by atoms with E-state index in [1.807, 2.05) is 7.05 Å². The SMILES string of the molecule is CN1CCc2c(sc[n+]2C(=O)C(Cl)(Cl)Cl)C1. The van der Waals surface area contributed by atoms with Crippen molar-refractivity contribution in [2.75, 3.05) is 13.6 Å². The van der Waals surface area contributed by atoms with Crippen LogP contribution < -0.4 is 4.57 Å². The summed E-state index contributed by atoms with van der Waals surface area (Å²) in [5.41, 5.74) is 2.69. The van der Waals surface area contributed by atoms with E-state index in [9.17, 15) is 4.79 Å². The highest BCUT2D eigenvalue weighted by molar-refractivity contribution is 7.09. The molecule has 2 rings (SSSR count). The van der Waals surface area contributed by atoms with Crippen LogP contribution in [-0.2, 0) is 13.0 Å². The number of nitrogens with zero attached hydrogens (tertiary/aromatic N) is 2. The molecule has 1 aliphatic rings. The fraction of sp³-hybridized carbons (Fsp3) is 0.556. The van der Waals surface area contributed by atoms with Gasteiger partial charge in [-0.2, -0.15) is 0 Å². The van der Waals surface area contributed by atoms with Gasteiger partial charge in [0.2, 0.25) is 11.2 Å². The van der Waals surface area contributed by atoms with Crippen molar-refractivity contribution in [2.45, 2.75) is 16.8 Å². The van der Waals surface area contributed by atoms with Crippen molar-refractivity contribution in [3.8, 4) is 0 Å². The summed E-state index contributed by atoms with van der Waals surface area (Å²) in [4.78, 5) is 15.2. The van der Waals surface area contributed by atoms with Crippen LogP contribution in [0.2, 0.25) is 0 Å². The summed E-state index contributed by atoms with van der Waals surface area (Å²) in [5, 5.41) is 0. The van der Waals surface area contributed by atoms with Crippen LogP contribution in [0.3, 0.4) is 0 Å². The Morgan fingerprint density at radius 3 is 2.88 bits per heavy atom. The Bertz CT molecular complexity index is 427. The number of thiazole rings is 1. The fourth-order valence-corrected chi connectivity index (χ4v) is 3.06. The van der Waals surface area contributed by atoms with Crippen LogP contribution in [0, 0.1) is 0 Å². The zero-order valence-electron chi connectivity index (χ0n) is 8.54. The first-order valence-electron chi connectivity index (χ1n) is 4.70. The Hall–Kier alpha value is 0.130. The van der Waals surface area contributed by atoms with Crippen molar-refractivity contribution >= 4 is 52.0 Å². The molecule has 0 fully saturated rings. The summed E-state index contributed by atoms with van der Waals surface area (Å²) in [6, 6.07) is 0. The maximum Gasteiger partial charge on any atom is 0.445 e. The minimum absolute atomic E-state index is 0.500. The Morgan fingerprint density at radius 1 is 1.56 bits per heavy atom. The fourth-order valence-electron chi connectivity index (χ4n) is 1.70. The van der Waals surface area contributed by atoms with Gasteiger partial charge < -0.3 is 4.90 Å². The molecule has 0 saturated carbocycles. The van der Waals surface area contributed by atoms with Crippen LogP contribution in [0.25, 0.3) is 0 Å². The lowest BCUT2D eigenvalue weighted by Crippen LogP contribution is -2.52. The van der Waals surface area contributed by atoms with E-state index in [2.05, 4.69) is 4.90 Å². The molecule has 88 valence electrons. The van der Waals surface area contributed by atoms with Gasteiger partial charge in [0.15, 0.2) is 0 Å². The molecule has 0 bridgehead atoms. The lowest BCUT2D eigenvalue weighted by Gasteiger charge is -2.19. The van der Waals surface area contributed by atoms with Crippen molar-refractivity contribution < 1.29 is 9.36 Å². The normalized spacial score (nSPS) is 17.2. The van der Waals surface area contributed by atoms with E-state index in [1.165, 1.54) is 15.9 Å². The van der Waals surface area contributed by atoms with Crippen LogP contribution in [-0.4, -0.2) is 28.2 Å². The molecule has 1 aromatic heterocycles. The number of fused-ring (bicyclic) bond motifs is 1. The molecule has 0 radical (unpaired) electrons. The predicted octanol–water partition coefficient (Wildman–Crippen LogP) is 2.03. The molecule has 3 nitrogen and oxygen atoms in total. The highest BCUT2D eigenvalue weighted by Gasteiger charge is 2.43. The molecule has 0 amide bonds. The van der Waals surface area contributed by atoms with Crippen molar-refractivity contribution in [3.63, 3.8) is 0 Å². The summed E-state index contributed by atoms with van der Waals surface area (Å²) in [5.74, 6) is -0.500. The van der Waals surface area contributed by atoms with E-state index in [-0.39, 0.29) is 0 Å². The molecular formula is C9H10Cl3N2OS+. The number of likely N-dealkylation sites (N-methyl/N-ethyl adjacent to an activating group) is 1. The average molecular weight is 301 g/mol. The molecule has 0 N–H and O–H groups in total. The first-order chi connectivity index (χ1) is 7.39. The predicted molar refractivity (Wildman–Crippen MR) is 65.5 cm³/mol. The van der Waals surface area contributed by atoms with Crippen LogP contribution in [0.15, 0.2) is 5.51 Å². The lowest BCUT2D eigenvalue weighted by atomic mass is 10.2. The molecule has 0 aliphatic carbocycles. The minimum Gasteiger partial charge on any atom is -0.300 e. The largest absolute Gasteiger partial charge is 0.445 e. The van der Waals surface area contributed by atoms with Gasteiger partial charge in [-0.15, -0.1) is 4.57 Å². The number of hydrogen-bond donors (Lipinski definition) is 0. The van der Waals surface area contributed by atoms with Gasteiger partial charge >= 0.3 is 9.70 Å². The van der Waals surface area contributed by atoms with Crippen molar-refractivity contribution in [1.82, 2.24) is 4.90 Å². The van der Waals surface area contributed by atoms with Crippen LogP contribution >= 0.6 is 46.1 Å². The second-order valence-electron chi connectivity index (χ2n) is 3.75.